The predicted octanol–water partition coefficient (Wildman–Crippen LogP) is 2.81. The molecule has 1 unspecified atom stereocenters. The van der Waals surface area contributed by atoms with Crippen LogP contribution >= 0.6 is 12.4 Å². The summed E-state index contributed by atoms with van der Waals surface area (Å²) in [5, 5.41) is 10.8. The fourth-order valence-corrected chi connectivity index (χ4v) is 2.82. The number of amides is 1. The second-order valence-corrected chi connectivity index (χ2v) is 6.83. The van der Waals surface area contributed by atoms with Crippen molar-refractivity contribution in [2.45, 2.75) is 32.7 Å². The third-order valence-electron chi connectivity index (χ3n) is 4.16. The average molecular weight is 379 g/mol. The Labute approximate surface area is 160 Å². The van der Waals surface area contributed by atoms with E-state index in [1.165, 1.54) is 0 Å². The highest BCUT2D eigenvalue weighted by atomic mass is 35.5. The first-order valence-electron chi connectivity index (χ1n) is 8.93. The van der Waals surface area contributed by atoms with Gasteiger partial charge in [0.25, 0.3) is 5.91 Å². The number of rotatable bonds is 7. The summed E-state index contributed by atoms with van der Waals surface area (Å²) in [5.41, 5.74) is 1.23. The molecule has 0 saturated carbocycles. The molecule has 3 rings (SSSR count). The summed E-state index contributed by atoms with van der Waals surface area (Å²) in [5.74, 6) is 0.704. The fourth-order valence-electron chi connectivity index (χ4n) is 2.82. The summed E-state index contributed by atoms with van der Waals surface area (Å²) in [6, 6.07) is 10.1. The molecule has 1 atom stereocenters. The lowest BCUT2D eigenvalue weighted by Crippen LogP contribution is -2.37. The smallest absolute Gasteiger partial charge is 0.275 e. The molecule has 142 valence electrons. The van der Waals surface area contributed by atoms with Crippen LogP contribution in [0.4, 0.5) is 0 Å². The minimum Gasteiger partial charge on any atom is -0.489 e. The van der Waals surface area contributed by atoms with Gasteiger partial charge in [0.2, 0.25) is 0 Å². The van der Waals surface area contributed by atoms with E-state index in [0.717, 1.165) is 25.1 Å². The van der Waals surface area contributed by atoms with Gasteiger partial charge in [0.1, 0.15) is 0 Å². The summed E-state index contributed by atoms with van der Waals surface area (Å²) in [6.45, 7) is 6.33. The fraction of sp³-hybridized carbons (Fsp3) is 0.474. The van der Waals surface area contributed by atoms with Crippen molar-refractivity contribution in [3.63, 3.8) is 0 Å². The largest absolute Gasteiger partial charge is 0.489 e. The Hall–Kier alpha value is -2.05. The number of ether oxygens (including phenoxy) is 1. The number of para-hydroxylation sites is 1. The second-order valence-electron chi connectivity index (χ2n) is 6.83. The minimum absolute atomic E-state index is 0. The maximum absolute atomic E-state index is 12.6. The van der Waals surface area contributed by atoms with Crippen molar-refractivity contribution in [3.05, 3.63) is 42.2 Å². The van der Waals surface area contributed by atoms with Crippen molar-refractivity contribution in [1.82, 2.24) is 20.4 Å². The maximum Gasteiger partial charge on any atom is 0.275 e. The van der Waals surface area contributed by atoms with Crippen LogP contribution in [0.15, 0.2) is 36.5 Å². The Morgan fingerprint density at radius 1 is 1.38 bits per heavy atom. The summed E-state index contributed by atoms with van der Waals surface area (Å²) in [4.78, 5) is 12.6. The summed E-state index contributed by atoms with van der Waals surface area (Å²) in [6.07, 6.45) is 4.03. The molecule has 2 N–H and O–H groups in total. The zero-order valence-electron chi connectivity index (χ0n) is 15.3. The molecule has 0 radical (unpaired) electrons. The number of carbonyl (C=O) groups excluding carboxylic acids is 1. The first-order valence-corrected chi connectivity index (χ1v) is 8.93. The first kappa shape index (κ1) is 20.3. The Bertz CT molecular complexity index is 697. The van der Waals surface area contributed by atoms with E-state index in [1.807, 2.05) is 30.3 Å². The van der Waals surface area contributed by atoms with Gasteiger partial charge in [0.15, 0.2) is 11.4 Å². The van der Waals surface area contributed by atoms with Crippen molar-refractivity contribution in [2.24, 2.45) is 5.92 Å². The van der Waals surface area contributed by atoms with E-state index in [-0.39, 0.29) is 18.3 Å². The monoisotopic (exact) mass is 378 g/mol. The molecule has 1 aliphatic heterocycles. The third kappa shape index (κ3) is 5.22. The van der Waals surface area contributed by atoms with Gasteiger partial charge in [-0.25, -0.2) is 4.68 Å². The molecule has 1 aromatic carbocycles. The van der Waals surface area contributed by atoms with Gasteiger partial charge >= 0.3 is 0 Å². The molecule has 1 saturated heterocycles. The molecule has 6 nitrogen and oxygen atoms in total. The van der Waals surface area contributed by atoms with Gasteiger partial charge in [-0.1, -0.05) is 32.0 Å². The standard InChI is InChI=1S/C19H26N4O2.ClH/c1-14(2)13-25-17-12-23(16-8-4-3-5-9-16)22-18(17)19(24)21-11-15-7-6-10-20-15;/h3-5,8-9,12,14-15,20H,6-7,10-11,13H2,1-2H3,(H,21,24);1H. The molecule has 1 fully saturated rings. The van der Waals surface area contributed by atoms with E-state index < -0.39 is 0 Å². The highest BCUT2D eigenvalue weighted by Gasteiger charge is 2.21. The van der Waals surface area contributed by atoms with Crippen LogP contribution in [0.3, 0.4) is 0 Å². The lowest BCUT2D eigenvalue weighted by Gasteiger charge is -2.11. The number of benzene rings is 1. The Morgan fingerprint density at radius 3 is 2.81 bits per heavy atom. The van der Waals surface area contributed by atoms with Gasteiger partial charge in [-0.3, -0.25) is 4.79 Å². The Balaban J connectivity index is 0.00000243. The zero-order chi connectivity index (χ0) is 17.6. The zero-order valence-corrected chi connectivity index (χ0v) is 16.1. The molecule has 0 aliphatic carbocycles. The number of hydrogen-bond donors (Lipinski definition) is 2. The van der Waals surface area contributed by atoms with E-state index in [1.54, 1.807) is 10.9 Å². The minimum atomic E-state index is -0.192. The van der Waals surface area contributed by atoms with E-state index >= 15 is 0 Å². The highest BCUT2D eigenvalue weighted by Crippen LogP contribution is 2.21. The van der Waals surface area contributed by atoms with Gasteiger partial charge in [-0.2, -0.15) is 5.10 Å². The van der Waals surface area contributed by atoms with Crippen molar-refractivity contribution in [1.29, 1.82) is 0 Å². The van der Waals surface area contributed by atoms with E-state index in [9.17, 15) is 4.79 Å². The summed E-state index contributed by atoms with van der Waals surface area (Å²) < 4.78 is 7.53. The molecule has 1 aromatic heterocycles. The number of nitrogens with zero attached hydrogens (tertiary/aromatic N) is 2. The average Bonchev–Trinajstić information content (AvgIpc) is 3.28. The van der Waals surface area contributed by atoms with Crippen LogP contribution in [0.2, 0.25) is 0 Å². The van der Waals surface area contributed by atoms with Crippen LogP contribution in [-0.2, 0) is 0 Å². The molecule has 1 amide bonds. The summed E-state index contributed by atoms with van der Waals surface area (Å²) >= 11 is 0. The molecule has 0 spiro atoms. The van der Waals surface area contributed by atoms with Crippen LogP contribution < -0.4 is 15.4 Å². The molecular weight excluding hydrogens is 352 g/mol. The molecular formula is C19H27ClN4O2. The lowest BCUT2D eigenvalue weighted by atomic mass is 10.2. The van der Waals surface area contributed by atoms with Gasteiger partial charge in [-0.15, -0.1) is 12.4 Å². The lowest BCUT2D eigenvalue weighted by molar-refractivity contribution is 0.0940. The topological polar surface area (TPSA) is 68.2 Å². The first-order chi connectivity index (χ1) is 12.1. The molecule has 26 heavy (non-hydrogen) atoms. The SMILES string of the molecule is CC(C)COc1cn(-c2ccccc2)nc1C(=O)NCC1CCCN1.Cl. The number of carbonyl (C=O) groups is 1. The van der Waals surface area contributed by atoms with Crippen molar-refractivity contribution < 1.29 is 9.53 Å². The highest BCUT2D eigenvalue weighted by molar-refractivity contribution is 5.95. The van der Waals surface area contributed by atoms with Gasteiger partial charge in [0.05, 0.1) is 18.5 Å². The van der Waals surface area contributed by atoms with Crippen LogP contribution in [0.25, 0.3) is 5.69 Å². The van der Waals surface area contributed by atoms with E-state index in [2.05, 4.69) is 29.6 Å². The normalized spacial score (nSPS) is 16.3. The molecule has 7 heteroatoms. The van der Waals surface area contributed by atoms with Crippen molar-refractivity contribution >= 4 is 18.3 Å². The van der Waals surface area contributed by atoms with Crippen LogP contribution in [-0.4, -0.2) is 41.4 Å². The predicted molar refractivity (Wildman–Crippen MR) is 105 cm³/mol. The number of halogens is 1. The maximum atomic E-state index is 12.6. The van der Waals surface area contributed by atoms with Crippen molar-refractivity contribution in [2.75, 3.05) is 19.7 Å². The molecule has 2 aromatic rings. The Kier molecular flexibility index (Phi) is 7.48. The van der Waals surface area contributed by atoms with Gasteiger partial charge in [-0.05, 0) is 37.4 Å². The third-order valence-corrected chi connectivity index (χ3v) is 4.16. The summed E-state index contributed by atoms with van der Waals surface area (Å²) in [7, 11) is 0. The van der Waals surface area contributed by atoms with Crippen LogP contribution in [0.1, 0.15) is 37.2 Å². The van der Waals surface area contributed by atoms with Crippen molar-refractivity contribution in [3.8, 4) is 11.4 Å². The molecule has 1 aliphatic rings. The van der Waals surface area contributed by atoms with E-state index in [4.69, 9.17) is 4.74 Å². The van der Waals surface area contributed by atoms with Crippen LogP contribution in [0.5, 0.6) is 5.75 Å². The van der Waals surface area contributed by atoms with E-state index in [0.29, 0.717) is 36.6 Å². The second kappa shape index (κ2) is 9.59. The van der Waals surface area contributed by atoms with Gasteiger partial charge < -0.3 is 15.4 Å². The number of hydrogen-bond acceptors (Lipinski definition) is 4. The van der Waals surface area contributed by atoms with Gasteiger partial charge in [0, 0.05) is 12.6 Å². The number of nitrogens with one attached hydrogen (secondary N) is 2. The molecule has 0 bridgehead atoms. The number of aromatic nitrogens is 2. The Morgan fingerprint density at radius 2 is 2.15 bits per heavy atom. The molecule has 2 heterocycles. The van der Waals surface area contributed by atoms with Crippen LogP contribution in [0, 0.1) is 5.92 Å². The quantitative estimate of drug-likeness (QED) is 0.777.